The molecule has 0 aliphatic rings. The van der Waals surface area contributed by atoms with Crippen molar-refractivity contribution in [2.45, 2.75) is 13.8 Å². The highest BCUT2D eigenvalue weighted by molar-refractivity contribution is 5.92. The van der Waals surface area contributed by atoms with Crippen LogP contribution < -0.4 is 14.9 Å². The molecule has 0 saturated carbocycles. The molecule has 0 bridgehead atoms. The van der Waals surface area contributed by atoms with Crippen molar-refractivity contribution in [1.82, 2.24) is 0 Å². The van der Waals surface area contributed by atoms with Crippen LogP contribution >= 0.6 is 0 Å². The molecule has 0 aliphatic carbocycles. The van der Waals surface area contributed by atoms with Crippen molar-refractivity contribution in [2.24, 2.45) is 0 Å². The van der Waals surface area contributed by atoms with E-state index in [0.29, 0.717) is 0 Å². The van der Waals surface area contributed by atoms with E-state index in [1.54, 1.807) is 0 Å². The standard InChI is InChI=1S/C14H10O7/c1-7(16)19-10-4-3-5-11-12(10)13(18)9(6-15)14(21-11)20-8(2)17/h3-6H,1-2H3. The molecule has 0 fully saturated rings. The number of hydrogen-bond donors (Lipinski definition) is 0. The van der Waals surface area contributed by atoms with Gasteiger partial charge in [-0.3, -0.25) is 19.2 Å². The van der Waals surface area contributed by atoms with E-state index in [4.69, 9.17) is 13.9 Å². The molecular weight excluding hydrogens is 280 g/mol. The molecular formula is C14H10O7. The van der Waals surface area contributed by atoms with E-state index in [-0.39, 0.29) is 23.0 Å². The van der Waals surface area contributed by atoms with E-state index in [2.05, 4.69) is 0 Å². The second-order valence-electron chi connectivity index (χ2n) is 4.07. The number of ether oxygens (including phenoxy) is 2. The summed E-state index contributed by atoms with van der Waals surface area (Å²) in [6.07, 6.45) is 0.216. The van der Waals surface area contributed by atoms with Gasteiger partial charge in [0.25, 0.3) is 0 Å². The SMILES string of the molecule is CC(=O)Oc1oc2cccc(OC(C)=O)c2c(=O)c1C=O. The molecule has 1 heterocycles. The van der Waals surface area contributed by atoms with E-state index in [1.807, 2.05) is 0 Å². The maximum atomic E-state index is 12.3. The molecule has 0 saturated heterocycles. The summed E-state index contributed by atoms with van der Waals surface area (Å²) in [6, 6.07) is 4.30. The van der Waals surface area contributed by atoms with Gasteiger partial charge in [-0.1, -0.05) is 6.07 Å². The lowest BCUT2D eigenvalue weighted by atomic mass is 10.1. The van der Waals surface area contributed by atoms with Crippen LogP contribution in [0.15, 0.2) is 27.4 Å². The third kappa shape index (κ3) is 2.81. The maximum Gasteiger partial charge on any atom is 0.310 e. The van der Waals surface area contributed by atoms with E-state index in [9.17, 15) is 19.2 Å². The molecule has 0 spiro atoms. The van der Waals surface area contributed by atoms with Crippen LogP contribution in [-0.2, 0) is 9.59 Å². The van der Waals surface area contributed by atoms with Crippen LogP contribution in [0.3, 0.4) is 0 Å². The molecule has 2 rings (SSSR count). The van der Waals surface area contributed by atoms with E-state index in [1.165, 1.54) is 25.1 Å². The fraction of sp³-hybridized carbons (Fsp3) is 0.143. The lowest BCUT2D eigenvalue weighted by Gasteiger charge is -2.08. The average Bonchev–Trinajstić information content (AvgIpc) is 2.37. The van der Waals surface area contributed by atoms with Gasteiger partial charge in [0.05, 0.1) is 0 Å². The molecule has 1 aromatic carbocycles. The highest BCUT2D eigenvalue weighted by atomic mass is 16.6. The number of fused-ring (bicyclic) bond motifs is 1. The Balaban J connectivity index is 2.79. The number of aldehydes is 1. The van der Waals surface area contributed by atoms with E-state index < -0.39 is 28.9 Å². The summed E-state index contributed by atoms with van der Waals surface area (Å²) in [7, 11) is 0. The molecule has 0 N–H and O–H groups in total. The maximum absolute atomic E-state index is 12.3. The molecule has 0 unspecified atom stereocenters. The number of hydrogen-bond acceptors (Lipinski definition) is 7. The van der Waals surface area contributed by atoms with Crippen molar-refractivity contribution in [3.8, 4) is 11.7 Å². The third-order valence-electron chi connectivity index (χ3n) is 2.49. The predicted molar refractivity (Wildman–Crippen MR) is 70.5 cm³/mol. The molecule has 21 heavy (non-hydrogen) atoms. The van der Waals surface area contributed by atoms with E-state index >= 15 is 0 Å². The molecule has 7 nitrogen and oxygen atoms in total. The van der Waals surface area contributed by atoms with Gasteiger partial charge in [0, 0.05) is 13.8 Å². The second-order valence-corrected chi connectivity index (χ2v) is 4.07. The molecule has 0 atom stereocenters. The smallest absolute Gasteiger partial charge is 0.310 e. The van der Waals surface area contributed by atoms with Gasteiger partial charge in [0.1, 0.15) is 22.3 Å². The van der Waals surface area contributed by atoms with Crippen molar-refractivity contribution in [3.63, 3.8) is 0 Å². The number of carbonyl (C=O) groups excluding carboxylic acids is 3. The minimum absolute atomic E-state index is 0.0283. The lowest BCUT2D eigenvalue weighted by molar-refractivity contribution is -0.133. The summed E-state index contributed by atoms with van der Waals surface area (Å²) in [4.78, 5) is 45.4. The van der Waals surface area contributed by atoms with Crippen LogP contribution in [0.4, 0.5) is 0 Å². The van der Waals surface area contributed by atoms with Crippen LogP contribution in [0.2, 0.25) is 0 Å². The Morgan fingerprint density at radius 1 is 1.14 bits per heavy atom. The van der Waals surface area contributed by atoms with Gasteiger partial charge in [-0.05, 0) is 12.1 Å². The Labute approximate surface area is 118 Å². The molecule has 0 radical (unpaired) electrons. The van der Waals surface area contributed by atoms with Crippen molar-refractivity contribution in [3.05, 3.63) is 34.0 Å². The van der Waals surface area contributed by atoms with Crippen LogP contribution in [-0.4, -0.2) is 18.2 Å². The van der Waals surface area contributed by atoms with Crippen molar-refractivity contribution in [1.29, 1.82) is 0 Å². The fourth-order valence-electron chi connectivity index (χ4n) is 1.75. The van der Waals surface area contributed by atoms with Crippen LogP contribution in [0.5, 0.6) is 11.7 Å². The van der Waals surface area contributed by atoms with Crippen LogP contribution in [0.25, 0.3) is 11.0 Å². The summed E-state index contributed by atoms with van der Waals surface area (Å²) in [6.45, 7) is 2.28. The number of esters is 2. The van der Waals surface area contributed by atoms with Gasteiger partial charge >= 0.3 is 17.9 Å². The number of rotatable bonds is 3. The highest BCUT2D eigenvalue weighted by Crippen LogP contribution is 2.27. The zero-order chi connectivity index (χ0) is 15.6. The number of benzene rings is 1. The summed E-state index contributed by atoms with van der Waals surface area (Å²) >= 11 is 0. The molecule has 2 aromatic rings. The van der Waals surface area contributed by atoms with Gasteiger partial charge in [0.2, 0.25) is 5.43 Å². The third-order valence-corrected chi connectivity index (χ3v) is 2.49. The summed E-state index contributed by atoms with van der Waals surface area (Å²) in [5, 5.41) is -0.0781. The van der Waals surface area contributed by atoms with Crippen molar-refractivity contribution >= 4 is 29.2 Å². The monoisotopic (exact) mass is 290 g/mol. The number of carbonyl (C=O) groups is 3. The highest BCUT2D eigenvalue weighted by Gasteiger charge is 2.20. The van der Waals surface area contributed by atoms with E-state index in [0.717, 1.165) is 6.92 Å². The van der Waals surface area contributed by atoms with Gasteiger partial charge in [-0.15, -0.1) is 0 Å². The normalized spacial score (nSPS) is 10.2. The molecule has 7 heteroatoms. The second kappa shape index (κ2) is 5.58. The van der Waals surface area contributed by atoms with Gasteiger partial charge < -0.3 is 13.9 Å². The van der Waals surface area contributed by atoms with Crippen molar-refractivity contribution < 1.29 is 28.3 Å². The van der Waals surface area contributed by atoms with Gasteiger partial charge in [0.15, 0.2) is 6.29 Å². The molecule has 0 aliphatic heterocycles. The van der Waals surface area contributed by atoms with Gasteiger partial charge in [-0.25, -0.2) is 0 Å². The molecule has 108 valence electrons. The fourth-order valence-corrected chi connectivity index (χ4v) is 1.75. The predicted octanol–water partition coefficient (Wildman–Crippen LogP) is 1.46. The Bertz CT molecular complexity index is 801. The Kier molecular flexibility index (Phi) is 3.84. The summed E-state index contributed by atoms with van der Waals surface area (Å²) in [5.41, 5.74) is -1.18. The minimum Gasteiger partial charge on any atom is -0.426 e. The Morgan fingerprint density at radius 2 is 1.81 bits per heavy atom. The Hall–Kier alpha value is -2.96. The first-order valence-electron chi connectivity index (χ1n) is 5.86. The first kappa shape index (κ1) is 14.4. The molecule has 0 amide bonds. The van der Waals surface area contributed by atoms with Gasteiger partial charge in [-0.2, -0.15) is 0 Å². The minimum atomic E-state index is -0.751. The molecule has 1 aromatic heterocycles. The largest absolute Gasteiger partial charge is 0.426 e. The summed E-state index contributed by atoms with van der Waals surface area (Å²) in [5.74, 6) is -1.89. The quantitative estimate of drug-likeness (QED) is 0.479. The summed E-state index contributed by atoms with van der Waals surface area (Å²) < 4.78 is 14.8. The topological polar surface area (TPSA) is 99.9 Å². The zero-order valence-electron chi connectivity index (χ0n) is 11.2. The Morgan fingerprint density at radius 3 is 2.38 bits per heavy atom. The van der Waals surface area contributed by atoms with Crippen LogP contribution in [0.1, 0.15) is 24.2 Å². The average molecular weight is 290 g/mol. The van der Waals surface area contributed by atoms with Crippen LogP contribution in [0, 0.1) is 0 Å². The zero-order valence-corrected chi connectivity index (χ0v) is 11.2. The first-order chi connectivity index (χ1) is 9.93. The first-order valence-corrected chi connectivity index (χ1v) is 5.86. The lowest BCUT2D eigenvalue weighted by Crippen LogP contribution is -2.15. The van der Waals surface area contributed by atoms with Crippen molar-refractivity contribution in [2.75, 3.05) is 0 Å².